The Morgan fingerprint density at radius 3 is 2.60 bits per heavy atom. The van der Waals surface area contributed by atoms with Gasteiger partial charge in [-0.05, 0) is 71.1 Å². The predicted molar refractivity (Wildman–Crippen MR) is 132 cm³/mol. The van der Waals surface area contributed by atoms with Crippen LogP contribution in [0.15, 0.2) is 83.2 Å². The van der Waals surface area contributed by atoms with E-state index in [9.17, 15) is 4.79 Å². The molecular formula is C23H21IN4OS. The molecule has 2 aromatic heterocycles. The number of aryl methyl sites for hydroxylation is 1. The van der Waals surface area contributed by atoms with E-state index in [0.717, 1.165) is 30.1 Å². The summed E-state index contributed by atoms with van der Waals surface area (Å²) in [6.07, 6.45) is 3.47. The molecule has 4 aromatic rings. The normalized spacial score (nSPS) is 10.2. The summed E-state index contributed by atoms with van der Waals surface area (Å²) >= 11 is 3.83. The lowest BCUT2D eigenvalue weighted by molar-refractivity contribution is 0.0960. The third kappa shape index (κ3) is 5.28. The van der Waals surface area contributed by atoms with Gasteiger partial charge in [0.15, 0.2) is 0 Å². The summed E-state index contributed by atoms with van der Waals surface area (Å²) in [6.45, 7) is 3.57. The second-order valence-corrected chi connectivity index (χ2v) is 8.37. The number of benzene rings is 2. The lowest BCUT2D eigenvalue weighted by atomic mass is 10.2. The maximum absolute atomic E-state index is 12.0. The van der Waals surface area contributed by atoms with Crippen LogP contribution in [0.4, 0.5) is 0 Å². The summed E-state index contributed by atoms with van der Waals surface area (Å²) in [5.41, 5.74) is 2.70. The Morgan fingerprint density at radius 1 is 1.17 bits per heavy atom. The van der Waals surface area contributed by atoms with Crippen LogP contribution in [0.25, 0.3) is 17.0 Å². The van der Waals surface area contributed by atoms with Crippen molar-refractivity contribution in [2.24, 2.45) is 7.05 Å². The number of hydrogen-bond donors (Lipinski definition) is 1. The summed E-state index contributed by atoms with van der Waals surface area (Å²) in [6, 6.07) is 19.6. The van der Waals surface area contributed by atoms with E-state index in [1.807, 2.05) is 54.2 Å². The number of nitrogens with zero attached hydrogens (tertiary/aromatic N) is 3. The van der Waals surface area contributed by atoms with E-state index in [2.05, 4.69) is 62.8 Å². The zero-order valence-corrected chi connectivity index (χ0v) is 19.6. The monoisotopic (exact) mass is 528 g/mol. The highest BCUT2D eigenvalue weighted by Crippen LogP contribution is 2.33. The molecule has 0 spiro atoms. The first-order valence-corrected chi connectivity index (χ1v) is 11.1. The molecule has 0 bridgehead atoms. The van der Waals surface area contributed by atoms with Crippen molar-refractivity contribution < 1.29 is 4.79 Å². The Balaban J connectivity index is 0.000000269. The van der Waals surface area contributed by atoms with Gasteiger partial charge in [0.1, 0.15) is 3.70 Å². The van der Waals surface area contributed by atoms with Gasteiger partial charge in [-0.3, -0.25) is 14.5 Å². The minimum absolute atomic E-state index is 0.0701. The van der Waals surface area contributed by atoms with Crippen LogP contribution < -0.4 is 5.32 Å². The number of halogens is 1. The van der Waals surface area contributed by atoms with Gasteiger partial charge in [0.05, 0.1) is 16.8 Å². The molecule has 4 rings (SSSR count). The number of aromatic nitrogens is 3. The van der Waals surface area contributed by atoms with Crippen LogP contribution in [0.1, 0.15) is 16.1 Å². The zero-order valence-electron chi connectivity index (χ0n) is 16.7. The van der Waals surface area contributed by atoms with E-state index in [1.165, 1.54) is 0 Å². The summed E-state index contributed by atoms with van der Waals surface area (Å²) in [5, 5.41) is 8.25. The quantitative estimate of drug-likeness (QED) is 0.360. The van der Waals surface area contributed by atoms with Crippen LogP contribution in [-0.4, -0.2) is 27.7 Å². The fourth-order valence-electron chi connectivity index (χ4n) is 2.76. The molecule has 2 heterocycles. The van der Waals surface area contributed by atoms with Gasteiger partial charge in [-0.15, -0.1) is 0 Å². The molecule has 0 saturated heterocycles. The van der Waals surface area contributed by atoms with Crippen molar-refractivity contribution in [3.63, 3.8) is 0 Å². The van der Waals surface area contributed by atoms with E-state index in [4.69, 9.17) is 0 Å². The van der Waals surface area contributed by atoms with Crippen LogP contribution in [0, 0.1) is 3.70 Å². The average Bonchev–Trinajstić information content (AvgIpc) is 3.07. The molecule has 0 saturated carbocycles. The van der Waals surface area contributed by atoms with Crippen LogP contribution in [0.5, 0.6) is 0 Å². The number of rotatable bonds is 4. The topological polar surface area (TPSA) is 59.8 Å². The molecule has 0 atom stereocenters. The first-order chi connectivity index (χ1) is 14.5. The standard InChI is InChI=1S/C16H14IN3OS.C7H7N/c1-18-16(21)12-5-3-4-6-14(12)22-10-7-8-11-13(9-10)20(2)19-15(11)17;1-2-7-5-3-4-6-8-7/h3-9H,1-2H3,(H,18,21);2-6H,1H2. The molecular weight excluding hydrogens is 507 g/mol. The van der Waals surface area contributed by atoms with Crippen molar-refractivity contribution >= 4 is 57.2 Å². The van der Waals surface area contributed by atoms with Crippen molar-refractivity contribution in [1.82, 2.24) is 20.1 Å². The summed E-state index contributed by atoms with van der Waals surface area (Å²) < 4.78 is 2.88. The van der Waals surface area contributed by atoms with Crippen LogP contribution in [0.3, 0.4) is 0 Å². The van der Waals surface area contributed by atoms with Gasteiger partial charge >= 0.3 is 0 Å². The van der Waals surface area contributed by atoms with Gasteiger partial charge in [0.2, 0.25) is 0 Å². The van der Waals surface area contributed by atoms with E-state index in [0.29, 0.717) is 5.56 Å². The third-order valence-corrected chi connectivity index (χ3v) is 6.12. The molecule has 5 nitrogen and oxygen atoms in total. The molecule has 7 heteroatoms. The summed E-state index contributed by atoms with van der Waals surface area (Å²) in [4.78, 5) is 18.0. The second kappa shape index (κ2) is 10.4. The summed E-state index contributed by atoms with van der Waals surface area (Å²) in [7, 11) is 3.59. The Bertz CT molecular complexity index is 1170. The molecule has 2 aromatic carbocycles. The fraction of sp³-hybridized carbons (Fsp3) is 0.0870. The largest absolute Gasteiger partial charge is 0.355 e. The van der Waals surface area contributed by atoms with Crippen molar-refractivity contribution in [2.45, 2.75) is 9.79 Å². The number of hydrogen-bond acceptors (Lipinski definition) is 4. The third-order valence-electron chi connectivity index (χ3n) is 4.26. The number of nitrogens with one attached hydrogen (secondary N) is 1. The van der Waals surface area contributed by atoms with E-state index < -0.39 is 0 Å². The highest BCUT2D eigenvalue weighted by Gasteiger charge is 2.12. The molecule has 0 aliphatic heterocycles. The van der Waals surface area contributed by atoms with Crippen LogP contribution in [0.2, 0.25) is 0 Å². The van der Waals surface area contributed by atoms with Gasteiger partial charge in [0, 0.05) is 35.5 Å². The number of carbonyl (C=O) groups is 1. The van der Waals surface area contributed by atoms with E-state index >= 15 is 0 Å². The molecule has 0 unspecified atom stereocenters. The molecule has 0 aliphatic carbocycles. The second-order valence-electron chi connectivity index (χ2n) is 6.23. The summed E-state index contributed by atoms with van der Waals surface area (Å²) in [5.74, 6) is -0.0701. The van der Waals surface area contributed by atoms with Crippen LogP contribution in [-0.2, 0) is 7.05 Å². The first kappa shape index (κ1) is 22.0. The molecule has 0 aliphatic rings. The smallest absolute Gasteiger partial charge is 0.252 e. The molecule has 1 amide bonds. The minimum atomic E-state index is -0.0701. The number of carbonyl (C=O) groups excluding carboxylic acids is 1. The highest BCUT2D eigenvalue weighted by molar-refractivity contribution is 14.1. The Labute approximate surface area is 193 Å². The molecule has 152 valence electrons. The molecule has 0 fully saturated rings. The maximum atomic E-state index is 12.0. The van der Waals surface area contributed by atoms with E-state index in [1.54, 1.807) is 31.1 Å². The van der Waals surface area contributed by atoms with Gasteiger partial charge in [-0.1, -0.05) is 36.5 Å². The average molecular weight is 528 g/mol. The van der Waals surface area contributed by atoms with E-state index in [-0.39, 0.29) is 5.91 Å². The van der Waals surface area contributed by atoms with Crippen molar-refractivity contribution in [1.29, 1.82) is 0 Å². The van der Waals surface area contributed by atoms with Crippen molar-refractivity contribution in [3.8, 4) is 0 Å². The van der Waals surface area contributed by atoms with Gasteiger partial charge in [-0.2, -0.15) is 5.10 Å². The lowest BCUT2D eigenvalue weighted by Gasteiger charge is -2.08. The van der Waals surface area contributed by atoms with Crippen molar-refractivity contribution in [3.05, 3.63) is 88.4 Å². The van der Waals surface area contributed by atoms with Gasteiger partial charge < -0.3 is 5.32 Å². The Morgan fingerprint density at radius 2 is 1.93 bits per heavy atom. The Kier molecular flexibility index (Phi) is 7.64. The first-order valence-electron chi connectivity index (χ1n) is 9.18. The van der Waals surface area contributed by atoms with Crippen molar-refractivity contribution in [2.75, 3.05) is 7.05 Å². The number of pyridine rings is 1. The van der Waals surface area contributed by atoms with Gasteiger partial charge in [-0.25, -0.2) is 0 Å². The molecule has 30 heavy (non-hydrogen) atoms. The molecule has 1 N–H and O–H groups in total. The number of amides is 1. The van der Waals surface area contributed by atoms with Crippen LogP contribution >= 0.6 is 34.4 Å². The zero-order chi connectivity index (χ0) is 21.5. The molecule has 0 radical (unpaired) electrons. The lowest BCUT2D eigenvalue weighted by Crippen LogP contribution is -2.18. The van der Waals surface area contributed by atoms with Gasteiger partial charge in [0.25, 0.3) is 5.91 Å². The maximum Gasteiger partial charge on any atom is 0.252 e. The predicted octanol–water partition coefficient (Wildman–Crippen LogP) is 5.41. The minimum Gasteiger partial charge on any atom is -0.355 e. The highest BCUT2D eigenvalue weighted by atomic mass is 127. The fourth-order valence-corrected chi connectivity index (χ4v) is 4.52. The Hall–Kier alpha value is -2.65. The SMILES string of the molecule is C=Cc1ccccn1.CNC(=O)c1ccccc1Sc1ccc2c(I)nn(C)c2c1. The number of fused-ring (bicyclic) bond motifs is 1.